The van der Waals surface area contributed by atoms with Gasteiger partial charge >= 0.3 is 0 Å². The summed E-state index contributed by atoms with van der Waals surface area (Å²) in [6.07, 6.45) is 3.64. The van der Waals surface area contributed by atoms with E-state index < -0.39 is 0 Å². The van der Waals surface area contributed by atoms with Crippen LogP contribution in [-0.4, -0.2) is 46.0 Å². The number of hydrogen-bond acceptors (Lipinski definition) is 3. The number of carbonyl (C=O) groups is 1. The Kier molecular flexibility index (Phi) is 5.33. The average molecular weight is 415 g/mol. The maximum absolute atomic E-state index is 13.7. The van der Waals surface area contributed by atoms with Crippen LogP contribution in [0, 0.1) is 24.7 Å². The first-order valence-corrected chi connectivity index (χ1v) is 11.4. The van der Waals surface area contributed by atoms with Crippen molar-refractivity contribution in [3.05, 3.63) is 70.8 Å². The van der Waals surface area contributed by atoms with Crippen molar-refractivity contribution < 1.29 is 9.90 Å². The van der Waals surface area contributed by atoms with Gasteiger partial charge in [-0.15, -0.1) is 0 Å². The largest absolute Gasteiger partial charge is 0.395 e. The first-order valence-electron chi connectivity index (χ1n) is 11.4. The molecule has 2 aromatic rings. The number of rotatable bonds is 4. The van der Waals surface area contributed by atoms with Crippen molar-refractivity contribution in [3.63, 3.8) is 0 Å². The molecular formula is C27H30N2O2. The molecule has 3 heterocycles. The summed E-state index contributed by atoms with van der Waals surface area (Å²) in [6.45, 7) is 4.82. The lowest BCUT2D eigenvalue weighted by Gasteiger charge is -2.33. The van der Waals surface area contributed by atoms with Gasteiger partial charge in [-0.2, -0.15) is 0 Å². The number of aliphatic hydroxyl groups excluding tert-OH is 1. The van der Waals surface area contributed by atoms with Crippen molar-refractivity contribution in [2.45, 2.75) is 50.7 Å². The van der Waals surface area contributed by atoms with Gasteiger partial charge in [-0.3, -0.25) is 9.69 Å². The summed E-state index contributed by atoms with van der Waals surface area (Å²) in [7, 11) is 0. The Labute approximate surface area is 184 Å². The SMILES string of the molecule is Cc1ccccc1CN1C[C@@H]2C[C@@H](c3ccc(C#CCCO)cc3)N3CCC[C@@]23C1=O. The van der Waals surface area contributed by atoms with Gasteiger partial charge in [0.1, 0.15) is 5.54 Å². The van der Waals surface area contributed by atoms with Crippen molar-refractivity contribution in [2.75, 3.05) is 19.7 Å². The van der Waals surface area contributed by atoms with E-state index in [0.717, 1.165) is 44.5 Å². The van der Waals surface area contributed by atoms with Gasteiger partial charge in [0.25, 0.3) is 0 Å². The maximum atomic E-state index is 13.7. The number of benzene rings is 2. The standard InChI is InChI=1S/C27H30N2O2/c1-20-7-2-3-9-23(20)18-28-19-24-17-25(29-15-6-14-27(24,29)26(28)31)22-12-10-21(11-13-22)8-4-5-16-30/h2-3,7,9-13,24-25,30H,5-6,14-19H2,1H3/t24-,25-,27-/m0/s1. The molecule has 3 aliphatic heterocycles. The summed E-state index contributed by atoms with van der Waals surface area (Å²) in [6, 6.07) is 17.2. The fourth-order valence-corrected chi connectivity index (χ4v) is 6.03. The predicted molar refractivity (Wildman–Crippen MR) is 121 cm³/mol. The van der Waals surface area contributed by atoms with Crippen LogP contribution in [-0.2, 0) is 11.3 Å². The van der Waals surface area contributed by atoms with E-state index in [-0.39, 0.29) is 12.1 Å². The Morgan fingerprint density at radius 1 is 1.16 bits per heavy atom. The highest BCUT2D eigenvalue weighted by atomic mass is 16.2. The number of aryl methyl sites for hydroxylation is 1. The van der Waals surface area contributed by atoms with Crippen LogP contribution in [0.3, 0.4) is 0 Å². The molecular weight excluding hydrogens is 384 g/mol. The number of amides is 1. The van der Waals surface area contributed by atoms with Gasteiger partial charge in [0.05, 0.1) is 6.61 Å². The molecule has 5 rings (SSSR count). The highest BCUT2D eigenvalue weighted by molar-refractivity contribution is 5.90. The zero-order valence-electron chi connectivity index (χ0n) is 18.2. The van der Waals surface area contributed by atoms with E-state index in [9.17, 15) is 4.79 Å². The summed E-state index contributed by atoms with van der Waals surface area (Å²) < 4.78 is 0. The lowest BCUT2D eigenvalue weighted by molar-refractivity contribution is -0.137. The monoisotopic (exact) mass is 414 g/mol. The Morgan fingerprint density at radius 2 is 1.97 bits per heavy atom. The van der Waals surface area contributed by atoms with Gasteiger partial charge in [0.2, 0.25) is 5.91 Å². The molecule has 0 aromatic heterocycles. The van der Waals surface area contributed by atoms with Crippen LogP contribution in [0.1, 0.15) is 54.0 Å². The quantitative estimate of drug-likeness (QED) is 0.777. The van der Waals surface area contributed by atoms with E-state index in [1.165, 1.54) is 16.7 Å². The van der Waals surface area contributed by atoms with Crippen LogP contribution in [0.15, 0.2) is 48.5 Å². The predicted octanol–water partition coefficient (Wildman–Crippen LogP) is 3.67. The Bertz CT molecular complexity index is 1040. The van der Waals surface area contributed by atoms with Crippen LogP contribution < -0.4 is 0 Å². The highest BCUT2D eigenvalue weighted by Crippen LogP contribution is 2.56. The van der Waals surface area contributed by atoms with Crippen molar-refractivity contribution in [2.24, 2.45) is 5.92 Å². The number of likely N-dealkylation sites (tertiary alicyclic amines) is 1. The third-order valence-corrected chi connectivity index (χ3v) is 7.51. The zero-order valence-corrected chi connectivity index (χ0v) is 18.2. The van der Waals surface area contributed by atoms with E-state index in [2.05, 4.69) is 77.1 Å². The molecule has 0 unspecified atom stereocenters. The Morgan fingerprint density at radius 3 is 2.74 bits per heavy atom. The minimum absolute atomic E-state index is 0.0977. The van der Waals surface area contributed by atoms with E-state index in [1.54, 1.807) is 0 Å². The minimum Gasteiger partial charge on any atom is -0.395 e. The van der Waals surface area contributed by atoms with Gasteiger partial charge in [0, 0.05) is 37.0 Å². The second-order valence-electron chi connectivity index (χ2n) is 9.18. The molecule has 2 aromatic carbocycles. The lowest BCUT2D eigenvalue weighted by atomic mass is 9.85. The highest BCUT2D eigenvalue weighted by Gasteiger charge is 2.65. The second-order valence-corrected chi connectivity index (χ2v) is 9.18. The molecule has 31 heavy (non-hydrogen) atoms. The number of carbonyl (C=O) groups excluding carboxylic acids is 1. The molecule has 0 aliphatic carbocycles. The first kappa shape index (κ1) is 20.3. The van der Waals surface area contributed by atoms with Crippen molar-refractivity contribution >= 4 is 5.91 Å². The summed E-state index contributed by atoms with van der Waals surface area (Å²) in [4.78, 5) is 18.4. The summed E-state index contributed by atoms with van der Waals surface area (Å²) in [5, 5.41) is 8.89. The Hall–Kier alpha value is -2.61. The van der Waals surface area contributed by atoms with Crippen molar-refractivity contribution in [1.29, 1.82) is 0 Å². The summed E-state index contributed by atoms with van der Waals surface area (Å²) >= 11 is 0. The van der Waals surface area contributed by atoms with E-state index >= 15 is 0 Å². The molecule has 4 nitrogen and oxygen atoms in total. The van der Waals surface area contributed by atoms with Crippen LogP contribution >= 0.6 is 0 Å². The van der Waals surface area contributed by atoms with E-state index in [4.69, 9.17) is 5.11 Å². The molecule has 0 bridgehead atoms. The zero-order chi connectivity index (χ0) is 21.4. The summed E-state index contributed by atoms with van der Waals surface area (Å²) in [5.41, 5.74) is 4.49. The molecule has 3 aliphatic rings. The molecule has 1 N–H and O–H groups in total. The third kappa shape index (κ3) is 3.37. The minimum atomic E-state index is -0.299. The number of hydrogen-bond donors (Lipinski definition) is 1. The van der Waals surface area contributed by atoms with Crippen LogP contribution in [0.5, 0.6) is 0 Å². The van der Waals surface area contributed by atoms with Crippen LogP contribution in [0.4, 0.5) is 0 Å². The van der Waals surface area contributed by atoms with E-state index in [1.807, 2.05) is 0 Å². The fraction of sp³-hybridized carbons (Fsp3) is 0.444. The Balaban J connectivity index is 1.36. The molecule has 3 atom stereocenters. The maximum Gasteiger partial charge on any atom is 0.243 e. The molecule has 0 saturated carbocycles. The molecule has 1 amide bonds. The molecule has 3 saturated heterocycles. The van der Waals surface area contributed by atoms with Gasteiger partial charge < -0.3 is 10.0 Å². The molecule has 4 heteroatoms. The van der Waals surface area contributed by atoms with Gasteiger partial charge in [0.15, 0.2) is 0 Å². The average Bonchev–Trinajstić information content (AvgIpc) is 3.41. The lowest BCUT2D eigenvalue weighted by Crippen LogP contribution is -2.49. The molecule has 3 fully saturated rings. The first-order chi connectivity index (χ1) is 15.1. The normalized spacial score (nSPS) is 27.2. The van der Waals surface area contributed by atoms with Gasteiger partial charge in [-0.1, -0.05) is 48.2 Å². The third-order valence-electron chi connectivity index (χ3n) is 7.51. The topological polar surface area (TPSA) is 43.8 Å². The number of nitrogens with zero attached hydrogens (tertiary/aromatic N) is 2. The van der Waals surface area contributed by atoms with Crippen molar-refractivity contribution in [3.8, 4) is 11.8 Å². The molecule has 1 spiro atoms. The summed E-state index contributed by atoms with van der Waals surface area (Å²) in [5.74, 6) is 6.83. The van der Waals surface area contributed by atoms with Crippen LogP contribution in [0.25, 0.3) is 0 Å². The number of aliphatic hydroxyl groups is 1. The van der Waals surface area contributed by atoms with E-state index in [0.29, 0.717) is 24.3 Å². The van der Waals surface area contributed by atoms with Crippen molar-refractivity contribution in [1.82, 2.24) is 9.80 Å². The molecule has 160 valence electrons. The second kappa shape index (κ2) is 8.15. The fourth-order valence-electron chi connectivity index (χ4n) is 6.03. The van der Waals surface area contributed by atoms with Gasteiger partial charge in [-0.05, 0) is 61.6 Å². The van der Waals surface area contributed by atoms with Gasteiger partial charge in [-0.25, -0.2) is 0 Å². The smallest absolute Gasteiger partial charge is 0.243 e. The van der Waals surface area contributed by atoms with Crippen LogP contribution in [0.2, 0.25) is 0 Å². The molecule has 0 radical (unpaired) electrons.